The average Bonchev–Trinajstić information content (AvgIpc) is 3.34. The number of carbonyl (C=O) groups excluding carboxylic acids is 1. The molecule has 0 aliphatic heterocycles. The van der Waals surface area contributed by atoms with Crippen LogP contribution in [-0.4, -0.2) is 5.91 Å². The first kappa shape index (κ1) is 16.2. The number of rotatable bonds is 6. The van der Waals surface area contributed by atoms with E-state index in [4.69, 9.17) is 8.83 Å². The molecular weight excluding hydrogens is 326 g/mol. The second-order valence-electron chi connectivity index (χ2n) is 6.18. The Labute approximate surface area is 151 Å². The minimum Gasteiger partial charge on any atom is -0.469 e. The highest BCUT2D eigenvalue weighted by molar-refractivity contribution is 5.79. The Morgan fingerprint density at radius 3 is 2.54 bits per heavy atom. The highest BCUT2D eigenvalue weighted by Crippen LogP contribution is 2.28. The fourth-order valence-electron chi connectivity index (χ4n) is 3.03. The molecule has 2 aromatic heterocycles. The van der Waals surface area contributed by atoms with Crippen molar-refractivity contribution in [3.8, 4) is 0 Å². The van der Waals surface area contributed by atoms with Gasteiger partial charge in [0.15, 0.2) is 0 Å². The molecule has 1 unspecified atom stereocenters. The highest BCUT2D eigenvalue weighted by Gasteiger charge is 2.20. The molecule has 4 aromatic rings. The summed E-state index contributed by atoms with van der Waals surface area (Å²) in [5.74, 6) is 1.49. The first-order valence-electron chi connectivity index (χ1n) is 8.65. The molecule has 0 saturated carbocycles. The summed E-state index contributed by atoms with van der Waals surface area (Å²) in [5, 5.41) is 4.12. The van der Waals surface area contributed by atoms with Gasteiger partial charge in [-0.05, 0) is 29.8 Å². The van der Waals surface area contributed by atoms with E-state index in [-0.39, 0.29) is 11.9 Å². The number of hydrogen-bond acceptors (Lipinski definition) is 3. The van der Waals surface area contributed by atoms with Crippen molar-refractivity contribution in [1.29, 1.82) is 0 Å². The number of benzene rings is 2. The van der Waals surface area contributed by atoms with Crippen molar-refractivity contribution in [3.63, 3.8) is 0 Å². The third kappa shape index (κ3) is 3.54. The van der Waals surface area contributed by atoms with Crippen LogP contribution in [-0.2, 0) is 11.2 Å². The van der Waals surface area contributed by atoms with Gasteiger partial charge in [0.25, 0.3) is 0 Å². The lowest BCUT2D eigenvalue weighted by Gasteiger charge is -2.17. The van der Waals surface area contributed by atoms with Crippen molar-refractivity contribution >= 4 is 16.9 Å². The molecular formula is C22H19NO3. The Balaban J connectivity index is 1.57. The van der Waals surface area contributed by atoms with E-state index in [0.29, 0.717) is 12.8 Å². The molecule has 4 nitrogen and oxygen atoms in total. The Hall–Kier alpha value is -3.27. The second kappa shape index (κ2) is 7.31. The van der Waals surface area contributed by atoms with Crippen molar-refractivity contribution in [1.82, 2.24) is 5.32 Å². The Morgan fingerprint density at radius 2 is 1.77 bits per heavy atom. The molecule has 26 heavy (non-hydrogen) atoms. The SMILES string of the molecule is O=C(CCc1ccco1)NC(c1ccccc1)c1cc2ccccc2o1. The van der Waals surface area contributed by atoms with Crippen LogP contribution < -0.4 is 5.32 Å². The molecule has 0 bridgehead atoms. The van der Waals surface area contributed by atoms with Crippen LogP contribution in [0.2, 0.25) is 0 Å². The second-order valence-corrected chi connectivity index (χ2v) is 6.18. The predicted molar refractivity (Wildman–Crippen MR) is 99.7 cm³/mol. The van der Waals surface area contributed by atoms with Gasteiger partial charge in [0.2, 0.25) is 5.91 Å². The van der Waals surface area contributed by atoms with Gasteiger partial charge in [-0.2, -0.15) is 0 Å². The van der Waals surface area contributed by atoms with Crippen LogP contribution in [0.5, 0.6) is 0 Å². The first-order chi connectivity index (χ1) is 12.8. The summed E-state index contributed by atoms with van der Waals surface area (Å²) >= 11 is 0. The maximum Gasteiger partial charge on any atom is 0.221 e. The van der Waals surface area contributed by atoms with Crippen LogP contribution in [0.3, 0.4) is 0 Å². The Kier molecular flexibility index (Phi) is 4.56. The number of para-hydroxylation sites is 1. The maximum absolute atomic E-state index is 12.5. The van der Waals surface area contributed by atoms with Crippen molar-refractivity contribution in [3.05, 3.63) is 96.1 Å². The Bertz CT molecular complexity index is 954. The minimum atomic E-state index is -0.326. The van der Waals surface area contributed by atoms with Crippen LogP contribution in [0.15, 0.2) is 87.9 Å². The fraction of sp³-hybridized carbons (Fsp3) is 0.136. The summed E-state index contributed by atoms with van der Waals surface area (Å²) in [6.07, 6.45) is 2.55. The summed E-state index contributed by atoms with van der Waals surface area (Å²) in [6.45, 7) is 0. The van der Waals surface area contributed by atoms with Gasteiger partial charge in [0.1, 0.15) is 23.1 Å². The number of carbonyl (C=O) groups is 1. The molecule has 0 fully saturated rings. The summed E-state index contributed by atoms with van der Waals surface area (Å²) in [7, 11) is 0. The zero-order chi connectivity index (χ0) is 17.8. The molecule has 1 atom stereocenters. The highest BCUT2D eigenvalue weighted by atomic mass is 16.3. The number of nitrogens with one attached hydrogen (secondary N) is 1. The first-order valence-corrected chi connectivity index (χ1v) is 8.65. The number of fused-ring (bicyclic) bond motifs is 1. The topological polar surface area (TPSA) is 55.4 Å². The van der Waals surface area contributed by atoms with Crippen LogP contribution in [0.4, 0.5) is 0 Å². The zero-order valence-corrected chi connectivity index (χ0v) is 14.2. The standard InChI is InChI=1S/C22H19NO3/c24-21(13-12-18-10-6-14-25-18)23-22(16-7-2-1-3-8-16)20-15-17-9-4-5-11-19(17)26-20/h1-11,14-15,22H,12-13H2,(H,23,24). The molecule has 1 N–H and O–H groups in total. The largest absolute Gasteiger partial charge is 0.469 e. The summed E-state index contributed by atoms with van der Waals surface area (Å²) in [6, 6.07) is 23.1. The van der Waals surface area contributed by atoms with Crippen molar-refractivity contribution < 1.29 is 13.6 Å². The molecule has 130 valence electrons. The monoisotopic (exact) mass is 345 g/mol. The van der Waals surface area contributed by atoms with E-state index in [1.54, 1.807) is 6.26 Å². The van der Waals surface area contributed by atoms with Crippen molar-refractivity contribution in [2.45, 2.75) is 18.9 Å². The van der Waals surface area contributed by atoms with Crippen molar-refractivity contribution in [2.24, 2.45) is 0 Å². The summed E-state index contributed by atoms with van der Waals surface area (Å²) < 4.78 is 11.3. The summed E-state index contributed by atoms with van der Waals surface area (Å²) in [5.41, 5.74) is 1.80. The lowest BCUT2D eigenvalue weighted by Crippen LogP contribution is -2.29. The molecule has 2 aromatic carbocycles. The normalized spacial score (nSPS) is 12.2. The van der Waals surface area contributed by atoms with Crippen LogP contribution >= 0.6 is 0 Å². The number of aryl methyl sites for hydroxylation is 1. The van der Waals surface area contributed by atoms with E-state index in [1.807, 2.05) is 72.8 Å². The lowest BCUT2D eigenvalue weighted by molar-refractivity contribution is -0.121. The third-order valence-corrected chi connectivity index (χ3v) is 4.35. The summed E-state index contributed by atoms with van der Waals surface area (Å²) in [4.78, 5) is 12.5. The van der Waals surface area contributed by atoms with Crippen LogP contribution in [0.25, 0.3) is 11.0 Å². The van der Waals surface area contributed by atoms with Gasteiger partial charge >= 0.3 is 0 Å². The number of hydrogen-bond donors (Lipinski definition) is 1. The van der Waals surface area contributed by atoms with Gasteiger partial charge in [-0.3, -0.25) is 4.79 Å². The molecule has 0 aliphatic rings. The maximum atomic E-state index is 12.5. The molecule has 0 saturated heterocycles. The van der Waals surface area contributed by atoms with Crippen LogP contribution in [0, 0.1) is 0 Å². The van der Waals surface area contributed by atoms with Gasteiger partial charge in [0, 0.05) is 18.2 Å². The number of furan rings is 2. The Morgan fingerprint density at radius 1 is 0.962 bits per heavy atom. The van der Waals surface area contributed by atoms with E-state index in [2.05, 4.69) is 5.32 Å². The van der Waals surface area contributed by atoms with E-state index < -0.39 is 0 Å². The predicted octanol–water partition coefficient (Wildman–Crippen LogP) is 4.86. The molecule has 2 heterocycles. The van der Waals surface area contributed by atoms with Gasteiger partial charge in [-0.1, -0.05) is 48.5 Å². The average molecular weight is 345 g/mol. The zero-order valence-electron chi connectivity index (χ0n) is 14.2. The van der Waals surface area contributed by atoms with E-state index in [1.165, 1.54) is 0 Å². The van der Waals surface area contributed by atoms with Gasteiger partial charge in [0.05, 0.1) is 6.26 Å². The molecule has 0 aliphatic carbocycles. The van der Waals surface area contributed by atoms with E-state index >= 15 is 0 Å². The van der Waals surface area contributed by atoms with Gasteiger partial charge in [-0.15, -0.1) is 0 Å². The van der Waals surface area contributed by atoms with Crippen LogP contribution in [0.1, 0.15) is 29.5 Å². The quantitative estimate of drug-likeness (QED) is 0.543. The minimum absolute atomic E-state index is 0.0456. The van der Waals surface area contributed by atoms with E-state index in [9.17, 15) is 4.79 Å². The van der Waals surface area contributed by atoms with Gasteiger partial charge in [-0.25, -0.2) is 0 Å². The molecule has 4 rings (SSSR count). The molecule has 1 amide bonds. The van der Waals surface area contributed by atoms with Gasteiger partial charge < -0.3 is 14.2 Å². The third-order valence-electron chi connectivity index (χ3n) is 4.35. The van der Waals surface area contributed by atoms with Crippen molar-refractivity contribution in [2.75, 3.05) is 0 Å². The molecule has 0 spiro atoms. The molecule has 0 radical (unpaired) electrons. The molecule has 4 heteroatoms. The lowest BCUT2D eigenvalue weighted by atomic mass is 10.0. The number of amides is 1. The fourth-order valence-corrected chi connectivity index (χ4v) is 3.03. The van der Waals surface area contributed by atoms with E-state index in [0.717, 1.165) is 28.1 Å². The smallest absolute Gasteiger partial charge is 0.221 e.